The molecule has 8 heteroatoms. The minimum absolute atomic E-state index is 0.154. The predicted molar refractivity (Wildman–Crippen MR) is 103 cm³/mol. The molecule has 1 aliphatic rings. The fraction of sp³-hybridized carbons (Fsp3) is 0.556. The van der Waals surface area contributed by atoms with E-state index in [2.05, 4.69) is 47.3 Å². The molecule has 7 nitrogen and oxygen atoms in total. The molecule has 1 aromatic heterocycles. The number of carbonyl (C=O) groups is 1. The van der Waals surface area contributed by atoms with Gasteiger partial charge in [0, 0.05) is 26.2 Å². The summed E-state index contributed by atoms with van der Waals surface area (Å²) in [5.74, 6) is 0.154. The SMILES string of the molecule is CCN1CCN(C(=O)[C@H](C)Sc2nnnn2-c2cccc(C)c2C)CC1. The summed E-state index contributed by atoms with van der Waals surface area (Å²) >= 11 is 1.42. The fourth-order valence-corrected chi connectivity index (χ4v) is 4.00. The Morgan fingerprint density at radius 1 is 1.23 bits per heavy atom. The van der Waals surface area contributed by atoms with E-state index < -0.39 is 0 Å². The zero-order valence-corrected chi connectivity index (χ0v) is 16.7. The normalized spacial score (nSPS) is 16.7. The smallest absolute Gasteiger partial charge is 0.235 e. The van der Waals surface area contributed by atoms with Gasteiger partial charge in [0.15, 0.2) is 0 Å². The number of rotatable bonds is 5. The average Bonchev–Trinajstić information content (AvgIpc) is 3.11. The van der Waals surface area contributed by atoms with Crippen LogP contribution in [0.5, 0.6) is 0 Å². The second kappa shape index (κ2) is 8.18. The first-order chi connectivity index (χ1) is 12.5. The molecule has 1 fully saturated rings. The van der Waals surface area contributed by atoms with Crippen LogP contribution in [0.2, 0.25) is 0 Å². The third-order valence-electron chi connectivity index (χ3n) is 5.01. The van der Waals surface area contributed by atoms with Crippen molar-refractivity contribution in [3.8, 4) is 5.69 Å². The van der Waals surface area contributed by atoms with Crippen molar-refractivity contribution in [3.63, 3.8) is 0 Å². The molecule has 2 heterocycles. The number of nitrogens with zero attached hydrogens (tertiary/aromatic N) is 6. The minimum Gasteiger partial charge on any atom is -0.339 e. The average molecular weight is 375 g/mol. The van der Waals surface area contributed by atoms with E-state index in [9.17, 15) is 4.79 Å². The molecule has 0 unspecified atom stereocenters. The van der Waals surface area contributed by atoms with E-state index in [1.165, 1.54) is 17.3 Å². The Hall–Kier alpha value is -1.93. The number of hydrogen-bond acceptors (Lipinski definition) is 6. The van der Waals surface area contributed by atoms with Crippen molar-refractivity contribution in [1.29, 1.82) is 0 Å². The predicted octanol–water partition coefficient (Wildman–Crippen LogP) is 1.92. The maximum Gasteiger partial charge on any atom is 0.235 e. The lowest BCUT2D eigenvalue weighted by Gasteiger charge is -2.35. The van der Waals surface area contributed by atoms with E-state index in [0.29, 0.717) is 5.16 Å². The van der Waals surface area contributed by atoms with Crippen LogP contribution < -0.4 is 0 Å². The van der Waals surface area contributed by atoms with Crippen LogP contribution in [0.4, 0.5) is 0 Å². The van der Waals surface area contributed by atoms with Crippen molar-refractivity contribution in [2.75, 3.05) is 32.7 Å². The van der Waals surface area contributed by atoms with Gasteiger partial charge in [-0.1, -0.05) is 30.8 Å². The van der Waals surface area contributed by atoms with E-state index in [0.717, 1.165) is 44.0 Å². The second-order valence-electron chi connectivity index (χ2n) is 6.61. The van der Waals surface area contributed by atoms with Gasteiger partial charge in [0.05, 0.1) is 10.9 Å². The van der Waals surface area contributed by atoms with Gasteiger partial charge < -0.3 is 9.80 Å². The molecule has 140 valence electrons. The summed E-state index contributed by atoms with van der Waals surface area (Å²) in [6.07, 6.45) is 0. The van der Waals surface area contributed by atoms with Crippen LogP contribution in [0, 0.1) is 13.8 Å². The monoisotopic (exact) mass is 374 g/mol. The number of aromatic nitrogens is 4. The summed E-state index contributed by atoms with van der Waals surface area (Å²) in [6.45, 7) is 12.7. The van der Waals surface area contributed by atoms with Crippen molar-refractivity contribution >= 4 is 17.7 Å². The Labute approximate surface area is 158 Å². The molecule has 0 saturated carbocycles. The highest BCUT2D eigenvalue weighted by Crippen LogP contribution is 2.26. The van der Waals surface area contributed by atoms with Gasteiger partial charge >= 0.3 is 0 Å². The first-order valence-electron chi connectivity index (χ1n) is 9.04. The number of thioether (sulfide) groups is 1. The molecule has 2 aromatic rings. The Balaban J connectivity index is 1.71. The number of tetrazole rings is 1. The van der Waals surface area contributed by atoms with E-state index in [4.69, 9.17) is 0 Å². The molecule has 0 N–H and O–H groups in total. The summed E-state index contributed by atoms with van der Waals surface area (Å²) in [4.78, 5) is 17.1. The highest BCUT2D eigenvalue weighted by molar-refractivity contribution is 8.00. The van der Waals surface area contributed by atoms with Crippen molar-refractivity contribution < 1.29 is 4.79 Å². The molecule has 0 radical (unpaired) electrons. The summed E-state index contributed by atoms with van der Waals surface area (Å²) < 4.78 is 1.73. The molecule has 1 saturated heterocycles. The zero-order chi connectivity index (χ0) is 18.7. The van der Waals surface area contributed by atoms with E-state index in [1.807, 2.05) is 24.0 Å². The quantitative estimate of drug-likeness (QED) is 0.745. The van der Waals surface area contributed by atoms with Gasteiger partial charge in [0.25, 0.3) is 0 Å². The number of amides is 1. The Kier molecular flexibility index (Phi) is 5.93. The van der Waals surface area contributed by atoms with Crippen LogP contribution in [0.1, 0.15) is 25.0 Å². The van der Waals surface area contributed by atoms with E-state index in [-0.39, 0.29) is 11.2 Å². The van der Waals surface area contributed by atoms with Gasteiger partial charge in [0.1, 0.15) is 0 Å². The van der Waals surface area contributed by atoms with E-state index >= 15 is 0 Å². The third kappa shape index (κ3) is 3.91. The van der Waals surface area contributed by atoms with Crippen LogP contribution in [0.15, 0.2) is 23.4 Å². The summed E-state index contributed by atoms with van der Waals surface area (Å²) in [7, 11) is 0. The van der Waals surface area contributed by atoms with Gasteiger partial charge in [-0.25, -0.2) is 0 Å². The lowest BCUT2D eigenvalue weighted by atomic mass is 10.1. The maximum atomic E-state index is 12.8. The molecule has 26 heavy (non-hydrogen) atoms. The Morgan fingerprint density at radius 3 is 2.65 bits per heavy atom. The van der Waals surface area contributed by atoms with Crippen molar-refractivity contribution in [3.05, 3.63) is 29.3 Å². The van der Waals surface area contributed by atoms with Crippen molar-refractivity contribution in [2.45, 2.75) is 38.1 Å². The Morgan fingerprint density at radius 2 is 1.96 bits per heavy atom. The van der Waals surface area contributed by atoms with Gasteiger partial charge in [-0.05, 0) is 54.9 Å². The highest BCUT2D eigenvalue weighted by Gasteiger charge is 2.26. The van der Waals surface area contributed by atoms with Crippen LogP contribution in [-0.2, 0) is 4.79 Å². The fourth-order valence-electron chi connectivity index (χ4n) is 3.12. The van der Waals surface area contributed by atoms with Gasteiger partial charge in [-0.2, -0.15) is 4.68 Å². The molecular formula is C18H26N6OS. The third-order valence-corrected chi connectivity index (χ3v) is 6.03. The lowest BCUT2D eigenvalue weighted by Crippen LogP contribution is -2.50. The molecule has 1 aromatic carbocycles. The van der Waals surface area contributed by atoms with Crippen molar-refractivity contribution in [2.24, 2.45) is 0 Å². The number of benzene rings is 1. The number of carbonyl (C=O) groups excluding carboxylic acids is 1. The van der Waals surface area contributed by atoms with Crippen LogP contribution in [0.3, 0.4) is 0 Å². The largest absolute Gasteiger partial charge is 0.339 e. The summed E-state index contributed by atoms with van der Waals surface area (Å²) in [5.41, 5.74) is 3.27. The van der Waals surface area contributed by atoms with Crippen molar-refractivity contribution in [1.82, 2.24) is 30.0 Å². The topological polar surface area (TPSA) is 67.2 Å². The number of piperazine rings is 1. The molecule has 1 aliphatic heterocycles. The minimum atomic E-state index is -0.224. The van der Waals surface area contributed by atoms with Gasteiger partial charge in [-0.3, -0.25) is 4.79 Å². The molecular weight excluding hydrogens is 348 g/mol. The molecule has 0 aliphatic carbocycles. The Bertz CT molecular complexity index is 769. The molecule has 0 bridgehead atoms. The standard InChI is InChI=1S/C18H26N6OS/c1-5-22-9-11-23(12-10-22)17(25)15(4)26-18-19-20-21-24(18)16-8-6-7-13(2)14(16)3/h6-8,15H,5,9-12H2,1-4H3/t15-/m0/s1. The first kappa shape index (κ1) is 18.8. The van der Waals surface area contributed by atoms with Gasteiger partial charge in [0.2, 0.25) is 11.1 Å². The van der Waals surface area contributed by atoms with Crippen LogP contribution in [-0.4, -0.2) is 73.9 Å². The molecule has 1 atom stereocenters. The number of hydrogen-bond donors (Lipinski definition) is 0. The molecule has 0 spiro atoms. The molecule has 3 rings (SSSR count). The summed E-state index contributed by atoms with van der Waals surface area (Å²) in [6, 6.07) is 6.06. The van der Waals surface area contributed by atoms with Gasteiger partial charge in [-0.15, -0.1) is 5.10 Å². The lowest BCUT2D eigenvalue weighted by molar-refractivity contribution is -0.132. The number of aryl methyl sites for hydroxylation is 1. The van der Waals surface area contributed by atoms with Crippen LogP contribution >= 0.6 is 11.8 Å². The highest BCUT2D eigenvalue weighted by atomic mass is 32.2. The maximum absolute atomic E-state index is 12.8. The number of likely N-dealkylation sites (N-methyl/N-ethyl adjacent to an activating group) is 1. The van der Waals surface area contributed by atoms with E-state index in [1.54, 1.807) is 4.68 Å². The second-order valence-corrected chi connectivity index (χ2v) is 7.92. The first-order valence-corrected chi connectivity index (χ1v) is 9.92. The van der Waals surface area contributed by atoms with Crippen LogP contribution in [0.25, 0.3) is 5.69 Å². The zero-order valence-electron chi connectivity index (χ0n) is 15.8. The summed E-state index contributed by atoms with van der Waals surface area (Å²) in [5, 5.41) is 12.5. The molecule has 1 amide bonds.